The van der Waals surface area contributed by atoms with Gasteiger partial charge in [0.05, 0.1) is 39.6 Å². The highest BCUT2D eigenvalue weighted by atomic mass is 32.2. The van der Waals surface area contributed by atoms with Crippen molar-refractivity contribution in [1.82, 2.24) is 4.57 Å². The van der Waals surface area contributed by atoms with E-state index in [0.29, 0.717) is 10.4 Å². The lowest BCUT2D eigenvalue weighted by molar-refractivity contribution is 0.0600. The zero-order valence-corrected chi connectivity index (χ0v) is 18.8. The minimum atomic E-state index is -3.43. The molecule has 3 aromatic rings. The third kappa shape index (κ3) is 4.45. The summed E-state index contributed by atoms with van der Waals surface area (Å²) >= 11 is 1.22. The van der Waals surface area contributed by atoms with Gasteiger partial charge in [-0.3, -0.25) is 4.79 Å². The molecule has 0 bridgehead atoms. The maximum atomic E-state index is 12.7. The molecule has 160 valence electrons. The van der Waals surface area contributed by atoms with Crippen LogP contribution in [0.25, 0.3) is 10.2 Å². The fraction of sp³-hybridized carbons (Fsp3) is 0.227. The first kappa shape index (κ1) is 22.5. The molecule has 0 unspecified atom stereocenters. The molecule has 7 nitrogen and oxygen atoms in total. The van der Waals surface area contributed by atoms with Gasteiger partial charge in [0, 0.05) is 5.56 Å². The smallest absolute Gasteiger partial charge is 0.337 e. The van der Waals surface area contributed by atoms with E-state index in [1.165, 1.54) is 42.7 Å². The fourth-order valence-electron chi connectivity index (χ4n) is 2.86. The van der Waals surface area contributed by atoms with E-state index in [2.05, 4.69) is 10.9 Å². The number of terminal acetylenes is 1. The number of sulfone groups is 1. The van der Waals surface area contributed by atoms with Gasteiger partial charge in [0.25, 0.3) is 5.91 Å². The quantitative estimate of drug-likeness (QED) is 0.434. The van der Waals surface area contributed by atoms with Gasteiger partial charge < -0.3 is 9.30 Å². The Hall–Kier alpha value is -3.22. The van der Waals surface area contributed by atoms with Gasteiger partial charge in [0.1, 0.15) is 0 Å². The summed E-state index contributed by atoms with van der Waals surface area (Å²) in [5.41, 5.74) is 1.37. The zero-order valence-electron chi connectivity index (χ0n) is 17.2. The van der Waals surface area contributed by atoms with Gasteiger partial charge in [-0.1, -0.05) is 17.3 Å². The van der Waals surface area contributed by atoms with Crippen LogP contribution in [0.5, 0.6) is 0 Å². The minimum Gasteiger partial charge on any atom is -0.465 e. The molecular formula is C22H20N2O5S2. The summed E-state index contributed by atoms with van der Waals surface area (Å²) in [4.78, 5) is 29.2. The summed E-state index contributed by atoms with van der Waals surface area (Å²) in [6.07, 6.45) is 5.48. The molecule has 9 heteroatoms. The molecule has 0 aliphatic heterocycles. The molecular weight excluding hydrogens is 436 g/mol. The lowest BCUT2D eigenvalue weighted by Crippen LogP contribution is -2.17. The molecule has 2 aromatic carbocycles. The summed E-state index contributed by atoms with van der Waals surface area (Å²) in [7, 11) is -2.12. The third-order valence-corrected chi connectivity index (χ3v) is 7.81. The minimum absolute atomic E-state index is 0.152. The predicted molar refractivity (Wildman–Crippen MR) is 119 cm³/mol. The van der Waals surface area contributed by atoms with Gasteiger partial charge in [-0.15, -0.1) is 6.42 Å². The number of aromatic nitrogens is 1. The Bertz CT molecular complexity index is 1370. The van der Waals surface area contributed by atoms with Crippen LogP contribution in [-0.2, 0) is 21.1 Å². The Kier molecular flexibility index (Phi) is 6.43. The van der Waals surface area contributed by atoms with Gasteiger partial charge in [-0.05, 0) is 56.3 Å². The van der Waals surface area contributed by atoms with Crippen LogP contribution in [0.15, 0.2) is 52.4 Å². The first-order chi connectivity index (χ1) is 14.7. The number of carbonyl (C=O) groups is 2. The maximum absolute atomic E-state index is 12.7. The Labute approximate surface area is 183 Å². The number of amides is 1. The van der Waals surface area contributed by atoms with Crippen LogP contribution in [0.1, 0.15) is 34.6 Å². The average molecular weight is 457 g/mol. The molecule has 1 heterocycles. The fourth-order valence-corrected chi connectivity index (χ4v) is 4.99. The van der Waals surface area contributed by atoms with Crippen molar-refractivity contribution in [2.45, 2.75) is 30.5 Å². The van der Waals surface area contributed by atoms with Gasteiger partial charge in [-0.25, -0.2) is 13.2 Å². The van der Waals surface area contributed by atoms with E-state index >= 15 is 0 Å². The molecule has 0 N–H and O–H groups in total. The van der Waals surface area contributed by atoms with E-state index < -0.39 is 27.0 Å². The highest BCUT2D eigenvalue weighted by Crippen LogP contribution is 2.20. The Morgan fingerprint density at radius 1 is 1.16 bits per heavy atom. The summed E-state index contributed by atoms with van der Waals surface area (Å²) in [5.74, 6) is 1.54. The van der Waals surface area contributed by atoms with Gasteiger partial charge >= 0.3 is 5.97 Å². The van der Waals surface area contributed by atoms with E-state index in [9.17, 15) is 18.0 Å². The van der Waals surface area contributed by atoms with Crippen molar-refractivity contribution in [3.05, 3.63) is 58.4 Å². The Morgan fingerprint density at radius 2 is 1.81 bits per heavy atom. The number of rotatable bonds is 5. The molecule has 0 fully saturated rings. The summed E-state index contributed by atoms with van der Waals surface area (Å²) in [5, 5.41) is -0.560. The molecule has 0 aliphatic rings. The lowest BCUT2D eigenvalue weighted by atomic mass is 10.2. The zero-order chi connectivity index (χ0) is 22.8. The van der Waals surface area contributed by atoms with E-state index in [-0.39, 0.29) is 17.0 Å². The molecule has 0 atom stereocenters. The summed E-state index contributed by atoms with van der Waals surface area (Å²) in [6, 6.07) is 10.7. The molecule has 0 saturated carbocycles. The SMILES string of the molecule is C#CCn1c(=NC(=O)c2ccc(S(=O)(=O)C(C)C)cc2)sc2cc(C(=O)OC)ccc21. The topological polar surface area (TPSA) is 94.8 Å². The van der Waals surface area contributed by atoms with Crippen LogP contribution in [0.2, 0.25) is 0 Å². The predicted octanol–water partition coefficient (Wildman–Crippen LogP) is 3.05. The number of nitrogens with zero attached hydrogens (tertiary/aromatic N) is 2. The molecule has 1 amide bonds. The van der Waals surface area contributed by atoms with Crippen molar-refractivity contribution in [2.24, 2.45) is 4.99 Å². The summed E-state index contributed by atoms with van der Waals surface area (Å²) in [6.45, 7) is 3.39. The van der Waals surface area contributed by atoms with Crippen molar-refractivity contribution in [1.29, 1.82) is 0 Å². The number of carbonyl (C=O) groups excluding carboxylic acids is 2. The Balaban J connectivity index is 2.05. The first-order valence-electron chi connectivity index (χ1n) is 9.27. The molecule has 3 rings (SSSR count). The third-order valence-electron chi connectivity index (χ3n) is 4.60. The second-order valence-corrected chi connectivity index (χ2v) is 10.4. The number of esters is 1. The van der Waals surface area contributed by atoms with E-state index in [1.807, 2.05) is 0 Å². The Morgan fingerprint density at radius 3 is 2.39 bits per heavy atom. The van der Waals surface area contributed by atoms with E-state index in [4.69, 9.17) is 11.2 Å². The van der Waals surface area contributed by atoms with Crippen LogP contribution in [-0.4, -0.2) is 37.2 Å². The van der Waals surface area contributed by atoms with Crippen molar-refractivity contribution in [3.63, 3.8) is 0 Å². The maximum Gasteiger partial charge on any atom is 0.337 e. The van der Waals surface area contributed by atoms with Crippen LogP contribution in [0.4, 0.5) is 0 Å². The second-order valence-electron chi connectivity index (χ2n) is 6.88. The number of hydrogen-bond donors (Lipinski definition) is 0. The molecule has 31 heavy (non-hydrogen) atoms. The van der Waals surface area contributed by atoms with Crippen molar-refractivity contribution in [2.75, 3.05) is 7.11 Å². The second kappa shape index (κ2) is 8.88. The van der Waals surface area contributed by atoms with Gasteiger partial charge in [-0.2, -0.15) is 4.99 Å². The monoisotopic (exact) mass is 456 g/mol. The summed E-state index contributed by atoms with van der Waals surface area (Å²) < 4.78 is 31.7. The van der Waals surface area contributed by atoms with Crippen LogP contribution in [0, 0.1) is 12.3 Å². The standard InChI is InChI=1S/C22H20N2O5S2/c1-5-12-24-18-11-8-16(21(26)29-4)13-19(18)30-22(24)23-20(25)15-6-9-17(10-7-15)31(27,28)14(2)3/h1,6-11,13-14H,12H2,2-4H3. The van der Waals surface area contributed by atoms with E-state index in [0.717, 1.165) is 10.2 Å². The van der Waals surface area contributed by atoms with Gasteiger partial charge in [0.2, 0.25) is 0 Å². The highest BCUT2D eigenvalue weighted by Gasteiger charge is 2.19. The molecule has 0 spiro atoms. The highest BCUT2D eigenvalue weighted by molar-refractivity contribution is 7.92. The van der Waals surface area contributed by atoms with Crippen LogP contribution < -0.4 is 4.80 Å². The normalized spacial score (nSPS) is 12.2. The average Bonchev–Trinajstić information content (AvgIpc) is 3.09. The number of thiazole rings is 1. The molecule has 0 aliphatic carbocycles. The van der Waals surface area contributed by atoms with Crippen molar-refractivity contribution < 1.29 is 22.7 Å². The molecule has 0 radical (unpaired) electrons. The first-order valence-corrected chi connectivity index (χ1v) is 11.6. The van der Waals surface area contributed by atoms with Crippen LogP contribution >= 0.6 is 11.3 Å². The molecule has 1 aromatic heterocycles. The van der Waals surface area contributed by atoms with E-state index in [1.54, 1.807) is 36.6 Å². The number of methoxy groups -OCH3 is 1. The van der Waals surface area contributed by atoms with Crippen molar-refractivity contribution >= 4 is 43.3 Å². The van der Waals surface area contributed by atoms with Gasteiger partial charge in [0.15, 0.2) is 14.6 Å². The van der Waals surface area contributed by atoms with Crippen molar-refractivity contribution in [3.8, 4) is 12.3 Å². The largest absolute Gasteiger partial charge is 0.465 e. The number of fused-ring (bicyclic) bond motifs is 1. The van der Waals surface area contributed by atoms with Crippen LogP contribution in [0.3, 0.4) is 0 Å². The number of benzene rings is 2. The number of ether oxygens (including phenoxy) is 1. The number of hydrogen-bond acceptors (Lipinski definition) is 6. The molecule has 0 saturated heterocycles. The lowest BCUT2D eigenvalue weighted by Gasteiger charge is -2.07.